The van der Waals surface area contributed by atoms with Crippen LogP contribution in [0.25, 0.3) is 11.1 Å². The summed E-state index contributed by atoms with van der Waals surface area (Å²) in [5.74, 6) is 3.57. The van der Waals surface area contributed by atoms with E-state index in [1.807, 2.05) is 0 Å². The number of anilines is 3. The highest BCUT2D eigenvalue weighted by Crippen LogP contribution is 2.55. The summed E-state index contributed by atoms with van der Waals surface area (Å²) in [4.78, 5) is 2.40. The van der Waals surface area contributed by atoms with Gasteiger partial charge in [-0.3, -0.25) is 0 Å². The van der Waals surface area contributed by atoms with Crippen LogP contribution >= 0.6 is 0 Å². The zero-order valence-electron chi connectivity index (χ0n) is 24.9. The zero-order chi connectivity index (χ0) is 28.2. The van der Waals surface area contributed by atoms with Crippen LogP contribution in [0.15, 0.2) is 97.1 Å². The topological polar surface area (TPSA) is 3.24 Å². The number of hydrogen-bond acceptors (Lipinski definition) is 1. The molecule has 0 heterocycles. The summed E-state index contributed by atoms with van der Waals surface area (Å²) < 4.78 is 0. The Bertz CT molecular complexity index is 1450. The number of unbranched alkanes of at least 4 members (excludes halogenated alkanes) is 2. The smallest absolute Gasteiger partial charge is 0.129 e. The highest BCUT2D eigenvalue weighted by molar-refractivity contribution is 6.83. The van der Waals surface area contributed by atoms with Crippen molar-refractivity contribution in [2.24, 2.45) is 0 Å². The van der Waals surface area contributed by atoms with E-state index in [2.05, 4.69) is 147 Å². The van der Waals surface area contributed by atoms with E-state index in [9.17, 15) is 0 Å². The maximum Gasteiger partial charge on any atom is 0.129 e. The van der Waals surface area contributed by atoms with Crippen molar-refractivity contribution < 1.29 is 0 Å². The second-order valence-corrected chi connectivity index (χ2v) is 17.0. The quantitative estimate of drug-likeness (QED) is 0.150. The van der Waals surface area contributed by atoms with E-state index in [0.717, 1.165) is 0 Å². The summed E-state index contributed by atoms with van der Waals surface area (Å²) in [7, 11) is -1.46. The van der Waals surface area contributed by atoms with E-state index in [-0.39, 0.29) is 5.41 Å². The van der Waals surface area contributed by atoms with Crippen molar-refractivity contribution in [3.8, 4) is 22.6 Å². The molecule has 1 aliphatic rings. The summed E-state index contributed by atoms with van der Waals surface area (Å²) >= 11 is 0. The fourth-order valence-electron chi connectivity index (χ4n) is 6.18. The SMILES string of the molecule is CCCCC1(CCCC)c2cc(C#C[Si](C)(C)C)ccc2-c2ccc(N(c3ccccc3)c3ccccc3)cc21. The molecule has 0 spiro atoms. The lowest BCUT2D eigenvalue weighted by Gasteiger charge is -2.34. The minimum atomic E-state index is -1.46. The molecule has 0 aromatic heterocycles. The predicted octanol–water partition coefficient (Wildman–Crippen LogP) is 11.0. The predicted molar refractivity (Wildman–Crippen MR) is 177 cm³/mol. The van der Waals surface area contributed by atoms with Crippen molar-refractivity contribution in [2.45, 2.75) is 77.4 Å². The molecule has 0 unspecified atom stereocenters. The van der Waals surface area contributed by atoms with Crippen LogP contribution in [0.4, 0.5) is 17.1 Å². The molecule has 4 aromatic carbocycles. The molecule has 2 heteroatoms. The summed E-state index contributed by atoms with van der Waals surface area (Å²) in [6.45, 7) is 11.6. The molecule has 0 saturated carbocycles. The maximum atomic E-state index is 3.61. The number of benzene rings is 4. The second-order valence-electron chi connectivity index (χ2n) is 12.3. The molecule has 0 atom stereocenters. The molecule has 0 bridgehead atoms. The van der Waals surface area contributed by atoms with Gasteiger partial charge >= 0.3 is 0 Å². The molecule has 0 fully saturated rings. The summed E-state index contributed by atoms with van der Waals surface area (Å²) in [6, 6.07) is 35.8. The van der Waals surface area contributed by atoms with E-state index in [4.69, 9.17) is 0 Å². The van der Waals surface area contributed by atoms with Crippen LogP contribution in [-0.2, 0) is 5.41 Å². The average molecular weight is 542 g/mol. The number of nitrogens with zero attached hydrogens (tertiary/aromatic N) is 1. The minimum absolute atomic E-state index is 0.0165. The van der Waals surface area contributed by atoms with Gasteiger partial charge in [-0.25, -0.2) is 0 Å². The molecule has 1 aliphatic carbocycles. The second kappa shape index (κ2) is 11.9. The number of fused-ring (bicyclic) bond motifs is 3. The lowest BCUT2D eigenvalue weighted by Crippen LogP contribution is -2.26. The van der Waals surface area contributed by atoms with Crippen molar-refractivity contribution in [1.29, 1.82) is 0 Å². The fraction of sp³-hybridized carbons (Fsp3) is 0.316. The number of hydrogen-bond donors (Lipinski definition) is 0. The average Bonchev–Trinajstić information content (AvgIpc) is 3.23. The summed E-state index contributed by atoms with van der Waals surface area (Å²) in [6.07, 6.45) is 7.20. The molecule has 0 N–H and O–H groups in total. The van der Waals surface area contributed by atoms with Gasteiger partial charge in [0.1, 0.15) is 8.07 Å². The van der Waals surface area contributed by atoms with E-state index in [1.165, 1.54) is 83.4 Å². The number of rotatable bonds is 9. The van der Waals surface area contributed by atoms with Crippen LogP contribution < -0.4 is 4.90 Å². The highest BCUT2D eigenvalue weighted by atomic mass is 28.3. The Morgan fingerprint density at radius 1 is 0.625 bits per heavy atom. The number of para-hydroxylation sites is 2. The van der Waals surface area contributed by atoms with Crippen molar-refractivity contribution in [3.63, 3.8) is 0 Å². The first kappa shape index (κ1) is 28.0. The molecular weight excluding hydrogens is 499 g/mol. The molecule has 0 aliphatic heterocycles. The molecule has 4 aromatic rings. The van der Waals surface area contributed by atoms with E-state index in [0.29, 0.717) is 0 Å². The van der Waals surface area contributed by atoms with Crippen molar-refractivity contribution in [1.82, 2.24) is 0 Å². The Balaban J connectivity index is 1.71. The molecule has 0 radical (unpaired) electrons. The maximum absolute atomic E-state index is 3.61. The van der Waals surface area contributed by atoms with Gasteiger partial charge in [0.15, 0.2) is 0 Å². The molecular formula is C38H43NSi. The monoisotopic (exact) mass is 541 g/mol. The van der Waals surface area contributed by atoms with Gasteiger partial charge in [-0.05, 0) is 83.6 Å². The van der Waals surface area contributed by atoms with Gasteiger partial charge in [0.05, 0.1) is 0 Å². The van der Waals surface area contributed by atoms with Crippen molar-refractivity contribution in [2.75, 3.05) is 4.90 Å². The Kier molecular flexibility index (Phi) is 8.34. The van der Waals surface area contributed by atoms with E-state index < -0.39 is 8.07 Å². The van der Waals surface area contributed by atoms with Gasteiger partial charge in [0.2, 0.25) is 0 Å². The van der Waals surface area contributed by atoms with Gasteiger partial charge in [-0.2, -0.15) is 0 Å². The lowest BCUT2D eigenvalue weighted by molar-refractivity contribution is 0.414. The lowest BCUT2D eigenvalue weighted by atomic mass is 9.70. The molecule has 204 valence electrons. The van der Waals surface area contributed by atoms with Crippen LogP contribution in [-0.4, -0.2) is 8.07 Å². The van der Waals surface area contributed by atoms with Gasteiger partial charge in [-0.15, -0.1) is 5.54 Å². The Labute approximate surface area is 243 Å². The standard InChI is InChI=1S/C38H43NSi/c1-6-8-25-38(26-9-7-2)36-28-30(24-27-40(3,4)5)20-22-34(36)35-23-21-33(29-37(35)38)39(31-16-12-10-13-17-31)32-18-14-11-15-19-32/h10-23,28-29H,6-9,25-26H2,1-5H3. The molecule has 5 rings (SSSR count). The summed E-state index contributed by atoms with van der Waals surface area (Å²) in [5.41, 5.74) is 14.2. The minimum Gasteiger partial charge on any atom is -0.310 e. The molecule has 1 nitrogen and oxygen atoms in total. The molecule has 40 heavy (non-hydrogen) atoms. The third kappa shape index (κ3) is 5.67. The summed E-state index contributed by atoms with van der Waals surface area (Å²) in [5, 5.41) is 0. The van der Waals surface area contributed by atoms with Gasteiger partial charge in [0, 0.05) is 28.0 Å². The molecule has 0 amide bonds. The first-order valence-corrected chi connectivity index (χ1v) is 18.6. The normalized spacial score (nSPS) is 13.2. The van der Waals surface area contributed by atoms with Gasteiger partial charge < -0.3 is 4.90 Å². The molecule has 0 saturated heterocycles. The van der Waals surface area contributed by atoms with Crippen LogP contribution in [0.3, 0.4) is 0 Å². The van der Waals surface area contributed by atoms with E-state index in [1.54, 1.807) is 0 Å². The van der Waals surface area contributed by atoms with Gasteiger partial charge in [-0.1, -0.05) is 114 Å². The Hall–Kier alpha value is -3.54. The van der Waals surface area contributed by atoms with Crippen LogP contribution in [0.5, 0.6) is 0 Å². The Morgan fingerprint density at radius 2 is 1.15 bits per heavy atom. The van der Waals surface area contributed by atoms with Crippen LogP contribution in [0, 0.1) is 11.5 Å². The largest absolute Gasteiger partial charge is 0.310 e. The third-order valence-corrected chi connectivity index (χ3v) is 9.00. The highest BCUT2D eigenvalue weighted by Gasteiger charge is 2.42. The van der Waals surface area contributed by atoms with Crippen molar-refractivity contribution >= 4 is 25.1 Å². The first-order chi connectivity index (χ1) is 19.4. The van der Waals surface area contributed by atoms with Crippen LogP contribution in [0.2, 0.25) is 19.6 Å². The van der Waals surface area contributed by atoms with Crippen LogP contribution in [0.1, 0.15) is 69.1 Å². The Morgan fingerprint density at radius 3 is 1.68 bits per heavy atom. The van der Waals surface area contributed by atoms with Gasteiger partial charge in [0.25, 0.3) is 0 Å². The van der Waals surface area contributed by atoms with E-state index >= 15 is 0 Å². The first-order valence-electron chi connectivity index (χ1n) is 15.1. The fourth-order valence-corrected chi connectivity index (χ4v) is 6.70. The third-order valence-electron chi connectivity index (χ3n) is 8.13. The van der Waals surface area contributed by atoms with Crippen molar-refractivity contribution in [3.05, 3.63) is 114 Å². The zero-order valence-corrected chi connectivity index (χ0v) is 25.9.